The molecule has 0 saturated carbocycles. The van der Waals surface area contributed by atoms with Crippen LogP contribution in [0.5, 0.6) is 0 Å². The highest BCUT2D eigenvalue weighted by Gasteiger charge is 2.28. The van der Waals surface area contributed by atoms with Crippen LogP contribution in [-0.4, -0.2) is 16.5 Å². The number of hydrogen-bond acceptors (Lipinski definition) is 4. The number of nitrogens with zero attached hydrogens (tertiary/aromatic N) is 3. The molecule has 3 nitrogen and oxygen atoms in total. The minimum absolute atomic E-state index is 0.473. The molecular formula is C16H14BrN3S. The summed E-state index contributed by atoms with van der Waals surface area (Å²) < 4.78 is 0.968. The molecule has 1 aliphatic rings. The maximum Gasteiger partial charge on any atom is 0.112 e. The summed E-state index contributed by atoms with van der Waals surface area (Å²) in [4.78, 5) is 13.0. The van der Waals surface area contributed by atoms with E-state index < -0.39 is 0 Å². The summed E-state index contributed by atoms with van der Waals surface area (Å²) in [6.07, 6.45) is 6.17. The molecule has 0 aromatic carbocycles. The van der Waals surface area contributed by atoms with Crippen LogP contribution in [0.2, 0.25) is 0 Å². The van der Waals surface area contributed by atoms with Crippen LogP contribution < -0.4 is 4.90 Å². The quantitative estimate of drug-likeness (QED) is 0.658. The average molecular weight is 360 g/mol. The van der Waals surface area contributed by atoms with Crippen molar-refractivity contribution in [2.24, 2.45) is 0 Å². The summed E-state index contributed by atoms with van der Waals surface area (Å²) in [5.41, 5.74) is 3.13. The van der Waals surface area contributed by atoms with Crippen LogP contribution in [-0.2, 0) is 0 Å². The fraction of sp³-hybridized carbons (Fsp3) is 0.250. The number of fused-ring (bicyclic) bond motifs is 1. The molecule has 0 aliphatic carbocycles. The van der Waals surface area contributed by atoms with Gasteiger partial charge in [-0.2, -0.15) is 0 Å². The van der Waals surface area contributed by atoms with Crippen molar-refractivity contribution in [1.82, 2.24) is 9.97 Å². The second kappa shape index (κ2) is 5.39. The molecule has 0 amide bonds. The lowest BCUT2D eigenvalue weighted by molar-refractivity contribution is 0.734. The highest BCUT2D eigenvalue weighted by molar-refractivity contribution is 9.10. The normalized spacial score (nSPS) is 18.5. The Labute approximate surface area is 135 Å². The number of aromatic nitrogens is 2. The molecule has 3 aromatic rings. The Balaban J connectivity index is 1.82. The van der Waals surface area contributed by atoms with E-state index in [0.717, 1.165) is 22.1 Å². The molecule has 0 spiro atoms. The van der Waals surface area contributed by atoms with Crippen molar-refractivity contribution in [3.8, 4) is 0 Å². The molecule has 0 bridgehead atoms. The van der Waals surface area contributed by atoms with Gasteiger partial charge < -0.3 is 4.90 Å². The number of hydrogen-bond donors (Lipinski definition) is 0. The minimum atomic E-state index is 0.473. The van der Waals surface area contributed by atoms with Crippen LogP contribution in [0.3, 0.4) is 0 Å². The second-order valence-electron chi connectivity index (χ2n) is 5.22. The second-order valence-corrected chi connectivity index (χ2v) is 7.11. The van der Waals surface area contributed by atoms with Gasteiger partial charge in [-0.1, -0.05) is 6.07 Å². The van der Waals surface area contributed by atoms with Gasteiger partial charge in [-0.3, -0.25) is 9.97 Å². The topological polar surface area (TPSA) is 29.0 Å². The van der Waals surface area contributed by atoms with Crippen LogP contribution in [0.1, 0.15) is 23.8 Å². The zero-order chi connectivity index (χ0) is 14.2. The monoisotopic (exact) mass is 359 g/mol. The zero-order valence-corrected chi connectivity index (χ0v) is 13.8. The van der Waals surface area contributed by atoms with Crippen molar-refractivity contribution < 1.29 is 0 Å². The van der Waals surface area contributed by atoms with Crippen LogP contribution in [0.4, 0.5) is 5.69 Å². The summed E-state index contributed by atoms with van der Waals surface area (Å²) >= 11 is 5.31. The molecule has 1 saturated heterocycles. The largest absolute Gasteiger partial charge is 0.362 e. The molecule has 3 aromatic heterocycles. The van der Waals surface area contributed by atoms with E-state index in [1.54, 1.807) is 0 Å². The molecule has 1 unspecified atom stereocenters. The predicted octanol–water partition coefficient (Wildman–Crippen LogP) is 4.80. The van der Waals surface area contributed by atoms with E-state index in [1.165, 1.54) is 23.4 Å². The minimum Gasteiger partial charge on any atom is -0.362 e. The Bertz CT molecular complexity index is 772. The maximum absolute atomic E-state index is 4.59. The number of halogens is 1. The number of pyridine rings is 2. The Morgan fingerprint density at radius 1 is 1.29 bits per heavy atom. The van der Waals surface area contributed by atoms with Crippen molar-refractivity contribution in [2.75, 3.05) is 11.4 Å². The molecule has 106 valence electrons. The third-order valence-electron chi connectivity index (χ3n) is 3.96. The van der Waals surface area contributed by atoms with Crippen LogP contribution >= 0.6 is 27.3 Å². The molecule has 1 atom stereocenters. The number of thiophene rings is 1. The smallest absolute Gasteiger partial charge is 0.112 e. The number of rotatable bonds is 2. The fourth-order valence-corrected chi connectivity index (χ4v) is 4.25. The van der Waals surface area contributed by atoms with Gasteiger partial charge in [-0.25, -0.2) is 0 Å². The van der Waals surface area contributed by atoms with Crippen LogP contribution in [0, 0.1) is 0 Å². The number of anilines is 1. The zero-order valence-electron chi connectivity index (χ0n) is 11.4. The first-order valence-corrected chi connectivity index (χ1v) is 8.70. The molecule has 5 heteroatoms. The maximum atomic E-state index is 4.59. The Morgan fingerprint density at radius 3 is 3.10 bits per heavy atom. The van der Waals surface area contributed by atoms with Crippen LogP contribution in [0.25, 0.3) is 11.0 Å². The SMILES string of the molecule is Brc1cnc2c(N3CCCC3c3cccs3)ccnc2c1. The summed E-state index contributed by atoms with van der Waals surface area (Å²) in [7, 11) is 0. The first kappa shape index (κ1) is 13.2. The summed E-state index contributed by atoms with van der Waals surface area (Å²) in [5.74, 6) is 0. The van der Waals surface area contributed by atoms with Crippen molar-refractivity contribution in [3.05, 3.63) is 51.4 Å². The molecule has 1 aliphatic heterocycles. The summed E-state index contributed by atoms with van der Waals surface area (Å²) in [6, 6.07) is 8.97. The van der Waals surface area contributed by atoms with Gasteiger partial charge in [-0.15, -0.1) is 11.3 Å². The molecule has 4 heterocycles. The summed E-state index contributed by atoms with van der Waals surface area (Å²) in [6.45, 7) is 1.08. The standard InChI is InChI=1S/C16H14BrN3S/c17-11-9-12-16(19-10-11)14(5-6-18-12)20-7-1-3-13(20)15-4-2-8-21-15/h2,4-6,8-10,13H,1,3,7H2. The Kier molecular flexibility index (Phi) is 3.39. The molecular weight excluding hydrogens is 346 g/mol. The third-order valence-corrected chi connectivity index (χ3v) is 5.36. The lowest BCUT2D eigenvalue weighted by atomic mass is 10.1. The van der Waals surface area contributed by atoms with Gasteiger partial charge in [0.1, 0.15) is 5.52 Å². The van der Waals surface area contributed by atoms with E-state index in [0.29, 0.717) is 6.04 Å². The van der Waals surface area contributed by atoms with E-state index in [-0.39, 0.29) is 0 Å². The van der Waals surface area contributed by atoms with E-state index in [1.807, 2.05) is 29.8 Å². The predicted molar refractivity (Wildman–Crippen MR) is 90.9 cm³/mol. The van der Waals surface area contributed by atoms with Gasteiger partial charge in [0.15, 0.2) is 0 Å². The van der Waals surface area contributed by atoms with E-state index >= 15 is 0 Å². The van der Waals surface area contributed by atoms with Crippen molar-refractivity contribution in [2.45, 2.75) is 18.9 Å². The van der Waals surface area contributed by atoms with Crippen LogP contribution in [0.15, 0.2) is 46.5 Å². The van der Waals surface area contributed by atoms with Crippen molar-refractivity contribution in [1.29, 1.82) is 0 Å². The van der Waals surface area contributed by atoms with Gasteiger partial charge in [-0.05, 0) is 52.4 Å². The lowest BCUT2D eigenvalue weighted by Crippen LogP contribution is -2.22. The summed E-state index contributed by atoms with van der Waals surface area (Å²) in [5, 5.41) is 2.16. The molecule has 0 radical (unpaired) electrons. The fourth-order valence-electron chi connectivity index (χ4n) is 3.05. The van der Waals surface area contributed by atoms with Gasteiger partial charge >= 0.3 is 0 Å². The van der Waals surface area contributed by atoms with Gasteiger partial charge in [0.05, 0.1) is 17.2 Å². The van der Waals surface area contributed by atoms with Gasteiger partial charge in [0.25, 0.3) is 0 Å². The first-order chi connectivity index (χ1) is 10.3. The van der Waals surface area contributed by atoms with E-state index in [4.69, 9.17) is 0 Å². The van der Waals surface area contributed by atoms with Crippen molar-refractivity contribution in [3.63, 3.8) is 0 Å². The molecule has 0 N–H and O–H groups in total. The Morgan fingerprint density at radius 2 is 2.24 bits per heavy atom. The highest BCUT2D eigenvalue weighted by atomic mass is 79.9. The van der Waals surface area contributed by atoms with E-state index in [9.17, 15) is 0 Å². The molecule has 21 heavy (non-hydrogen) atoms. The van der Waals surface area contributed by atoms with Crippen molar-refractivity contribution >= 4 is 44.0 Å². The highest BCUT2D eigenvalue weighted by Crippen LogP contribution is 2.40. The molecule has 1 fully saturated rings. The molecule has 4 rings (SSSR count). The first-order valence-electron chi connectivity index (χ1n) is 7.03. The lowest BCUT2D eigenvalue weighted by Gasteiger charge is -2.26. The van der Waals surface area contributed by atoms with E-state index in [2.05, 4.69) is 54.4 Å². The van der Waals surface area contributed by atoms with Gasteiger partial charge in [0, 0.05) is 28.3 Å². The Hall–Kier alpha value is -1.46. The average Bonchev–Trinajstić information content (AvgIpc) is 3.17. The van der Waals surface area contributed by atoms with Gasteiger partial charge in [0.2, 0.25) is 0 Å². The third kappa shape index (κ3) is 2.34.